The molecule has 1 atom stereocenters. The molecule has 0 aliphatic carbocycles. The van der Waals surface area contributed by atoms with E-state index >= 15 is 0 Å². The van der Waals surface area contributed by atoms with E-state index in [1.807, 2.05) is 12.3 Å². The molecule has 1 aromatic rings. The van der Waals surface area contributed by atoms with Gasteiger partial charge in [-0.3, -0.25) is 0 Å². The Morgan fingerprint density at radius 2 is 2.12 bits per heavy atom. The van der Waals surface area contributed by atoms with Crippen LogP contribution < -0.4 is 5.32 Å². The quantitative estimate of drug-likeness (QED) is 0.787. The zero-order valence-electron chi connectivity index (χ0n) is 11.4. The van der Waals surface area contributed by atoms with E-state index in [4.69, 9.17) is 4.74 Å². The van der Waals surface area contributed by atoms with Crippen LogP contribution in [-0.4, -0.2) is 17.6 Å². The van der Waals surface area contributed by atoms with Crippen LogP contribution in [0.15, 0.2) is 18.3 Å². The Balaban J connectivity index is 2.48. The molecule has 0 saturated heterocycles. The topological polar surface area (TPSA) is 34.1 Å². The van der Waals surface area contributed by atoms with Crippen molar-refractivity contribution >= 4 is 5.82 Å². The van der Waals surface area contributed by atoms with Gasteiger partial charge < -0.3 is 10.1 Å². The number of aromatic nitrogens is 1. The van der Waals surface area contributed by atoms with Crippen molar-refractivity contribution in [3.8, 4) is 0 Å². The maximum absolute atomic E-state index is 5.79. The van der Waals surface area contributed by atoms with Crippen molar-refractivity contribution in [3.05, 3.63) is 23.9 Å². The van der Waals surface area contributed by atoms with E-state index in [-0.39, 0.29) is 6.10 Å². The molecule has 0 saturated carbocycles. The van der Waals surface area contributed by atoms with Crippen LogP contribution in [-0.2, 0) is 11.3 Å². The highest BCUT2D eigenvalue weighted by atomic mass is 16.5. The minimum Gasteiger partial charge on any atom is -0.374 e. The third-order valence-corrected chi connectivity index (χ3v) is 2.83. The second-order valence-electron chi connectivity index (χ2n) is 4.74. The van der Waals surface area contributed by atoms with E-state index in [0.717, 1.165) is 18.8 Å². The SMILES string of the molecule is CCCNc1cc(COC(C)C(C)C)ccn1. The summed E-state index contributed by atoms with van der Waals surface area (Å²) in [5.74, 6) is 1.49. The third kappa shape index (κ3) is 5.18. The van der Waals surface area contributed by atoms with Crippen molar-refractivity contribution in [3.63, 3.8) is 0 Å². The number of anilines is 1. The fourth-order valence-electron chi connectivity index (χ4n) is 1.33. The highest BCUT2D eigenvalue weighted by Crippen LogP contribution is 2.12. The minimum absolute atomic E-state index is 0.287. The first-order chi connectivity index (χ1) is 8.13. The summed E-state index contributed by atoms with van der Waals surface area (Å²) in [6.07, 6.45) is 3.22. The minimum atomic E-state index is 0.287. The maximum atomic E-state index is 5.79. The van der Waals surface area contributed by atoms with Gasteiger partial charge in [-0.15, -0.1) is 0 Å². The molecule has 0 aliphatic heterocycles. The molecule has 0 aliphatic rings. The third-order valence-electron chi connectivity index (χ3n) is 2.83. The number of hydrogen-bond donors (Lipinski definition) is 1. The summed E-state index contributed by atoms with van der Waals surface area (Å²) < 4.78 is 5.79. The fraction of sp³-hybridized carbons (Fsp3) is 0.643. The van der Waals surface area contributed by atoms with Gasteiger partial charge in [0.2, 0.25) is 0 Å². The van der Waals surface area contributed by atoms with Gasteiger partial charge in [-0.1, -0.05) is 20.8 Å². The van der Waals surface area contributed by atoms with Crippen LogP contribution in [0.1, 0.15) is 39.7 Å². The number of pyridine rings is 1. The van der Waals surface area contributed by atoms with Crippen molar-refractivity contribution in [2.45, 2.75) is 46.8 Å². The van der Waals surface area contributed by atoms with Gasteiger partial charge >= 0.3 is 0 Å². The van der Waals surface area contributed by atoms with Crippen molar-refractivity contribution in [2.75, 3.05) is 11.9 Å². The zero-order valence-corrected chi connectivity index (χ0v) is 11.4. The van der Waals surface area contributed by atoms with Crippen LogP contribution in [0.2, 0.25) is 0 Å². The van der Waals surface area contributed by atoms with Crippen LogP contribution in [0.4, 0.5) is 5.82 Å². The average Bonchev–Trinajstić information content (AvgIpc) is 2.33. The van der Waals surface area contributed by atoms with Crippen molar-refractivity contribution in [2.24, 2.45) is 5.92 Å². The molecule has 1 rings (SSSR count). The molecule has 1 heterocycles. The maximum Gasteiger partial charge on any atom is 0.126 e. The van der Waals surface area contributed by atoms with Gasteiger partial charge in [0, 0.05) is 12.7 Å². The Morgan fingerprint density at radius 3 is 2.76 bits per heavy atom. The van der Waals surface area contributed by atoms with Crippen LogP contribution in [0, 0.1) is 5.92 Å². The van der Waals surface area contributed by atoms with Crippen LogP contribution in [0.5, 0.6) is 0 Å². The monoisotopic (exact) mass is 236 g/mol. The zero-order chi connectivity index (χ0) is 12.7. The molecule has 0 radical (unpaired) electrons. The largest absolute Gasteiger partial charge is 0.374 e. The fourth-order valence-corrected chi connectivity index (χ4v) is 1.33. The number of nitrogens with one attached hydrogen (secondary N) is 1. The standard InChI is InChI=1S/C14H24N2O/c1-5-7-15-14-9-13(6-8-16-14)10-17-12(4)11(2)3/h6,8-9,11-12H,5,7,10H2,1-4H3,(H,15,16). The molecule has 0 spiro atoms. The average molecular weight is 236 g/mol. The summed E-state index contributed by atoms with van der Waals surface area (Å²) in [6, 6.07) is 4.06. The van der Waals surface area contributed by atoms with Gasteiger partial charge in [0.15, 0.2) is 0 Å². The summed E-state index contributed by atoms with van der Waals surface area (Å²) >= 11 is 0. The molecule has 3 heteroatoms. The Labute approximate surface area is 105 Å². The molecule has 17 heavy (non-hydrogen) atoms. The van der Waals surface area contributed by atoms with E-state index in [9.17, 15) is 0 Å². The first-order valence-corrected chi connectivity index (χ1v) is 6.44. The van der Waals surface area contributed by atoms with Gasteiger partial charge in [-0.25, -0.2) is 4.98 Å². The van der Waals surface area contributed by atoms with Crippen molar-refractivity contribution in [1.82, 2.24) is 4.98 Å². The van der Waals surface area contributed by atoms with Gasteiger partial charge in [-0.2, -0.15) is 0 Å². The first kappa shape index (κ1) is 14.0. The predicted molar refractivity (Wildman–Crippen MR) is 72.1 cm³/mol. The Bertz CT molecular complexity index is 326. The molecule has 1 unspecified atom stereocenters. The van der Waals surface area contributed by atoms with Gasteiger partial charge in [0.1, 0.15) is 5.82 Å². The molecule has 3 nitrogen and oxygen atoms in total. The summed E-state index contributed by atoms with van der Waals surface area (Å²) in [5, 5.41) is 3.28. The van der Waals surface area contributed by atoms with E-state index in [1.54, 1.807) is 0 Å². The lowest BCUT2D eigenvalue weighted by atomic mass is 10.1. The summed E-state index contributed by atoms with van der Waals surface area (Å²) in [4.78, 5) is 4.27. The second-order valence-corrected chi connectivity index (χ2v) is 4.74. The Hall–Kier alpha value is -1.09. The van der Waals surface area contributed by atoms with E-state index in [1.165, 1.54) is 5.56 Å². The van der Waals surface area contributed by atoms with Crippen molar-refractivity contribution in [1.29, 1.82) is 0 Å². The molecule has 96 valence electrons. The molecular formula is C14H24N2O. The summed E-state index contributed by atoms with van der Waals surface area (Å²) in [7, 11) is 0. The highest BCUT2D eigenvalue weighted by Gasteiger charge is 2.07. The normalized spacial score (nSPS) is 12.8. The second kappa shape index (κ2) is 7.28. The predicted octanol–water partition coefficient (Wildman–Crippen LogP) is 3.46. The number of ether oxygens (including phenoxy) is 1. The molecule has 1 aromatic heterocycles. The highest BCUT2D eigenvalue weighted by molar-refractivity contribution is 5.37. The van der Waals surface area contributed by atoms with Crippen LogP contribution in [0.3, 0.4) is 0 Å². The molecular weight excluding hydrogens is 212 g/mol. The summed E-state index contributed by atoms with van der Waals surface area (Å²) in [5.41, 5.74) is 1.17. The summed E-state index contributed by atoms with van der Waals surface area (Å²) in [6.45, 7) is 10.2. The lowest BCUT2D eigenvalue weighted by Crippen LogP contribution is -2.15. The van der Waals surface area contributed by atoms with E-state index in [0.29, 0.717) is 12.5 Å². The lowest BCUT2D eigenvalue weighted by Gasteiger charge is -2.16. The number of nitrogens with zero attached hydrogens (tertiary/aromatic N) is 1. The van der Waals surface area contributed by atoms with Gasteiger partial charge in [-0.05, 0) is 37.0 Å². The van der Waals surface area contributed by atoms with E-state index < -0.39 is 0 Å². The number of hydrogen-bond acceptors (Lipinski definition) is 3. The molecule has 1 N–H and O–H groups in total. The molecule has 0 amide bonds. The number of rotatable bonds is 7. The van der Waals surface area contributed by atoms with Gasteiger partial charge in [0.25, 0.3) is 0 Å². The molecule has 0 bridgehead atoms. The van der Waals surface area contributed by atoms with Crippen LogP contribution >= 0.6 is 0 Å². The lowest BCUT2D eigenvalue weighted by molar-refractivity contribution is 0.0235. The van der Waals surface area contributed by atoms with Crippen molar-refractivity contribution < 1.29 is 4.74 Å². The van der Waals surface area contributed by atoms with Gasteiger partial charge in [0.05, 0.1) is 12.7 Å². The smallest absolute Gasteiger partial charge is 0.126 e. The Morgan fingerprint density at radius 1 is 1.35 bits per heavy atom. The van der Waals surface area contributed by atoms with E-state index in [2.05, 4.69) is 44.1 Å². The molecule has 0 aromatic carbocycles. The van der Waals surface area contributed by atoms with Crippen LogP contribution in [0.25, 0.3) is 0 Å². The molecule has 0 fully saturated rings. The Kier molecular flexibility index (Phi) is 5.98. The first-order valence-electron chi connectivity index (χ1n) is 6.44.